The van der Waals surface area contributed by atoms with Gasteiger partial charge in [0.1, 0.15) is 5.41 Å². The van der Waals surface area contributed by atoms with Crippen LogP contribution in [0.1, 0.15) is 32.3 Å². The second-order valence-electron chi connectivity index (χ2n) is 5.60. The van der Waals surface area contributed by atoms with Crippen molar-refractivity contribution >= 4 is 5.97 Å². The molecule has 1 aromatic carbocycles. The topological polar surface area (TPSA) is 70.3 Å². The van der Waals surface area contributed by atoms with Crippen LogP contribution in [0.5, 0.6) is 0 Å². The van der Waals surface area contributed by atoms with E-state index in [1.165, 1.54) is 6.08 Å². The van der Waals surface area contributed by atoms with Crippen molar-refractivity contribution in [3.8, 4) is 17.9 Å². The van der Waals surface area contributed by atoms with Crippen molar-refractivity contribution in [2.24, 2.45) is 5.41 Å². The molecule has 1 aliphatic carbocycles. The SMILES string of the molecule is CCOC(=O)/C=C(/C)C#CC(O)(c1ccccc1)C1(C#N)CC1. The third kappa shape index (κ3) is 3.44. The number of carbonyl (C=O) groups is 1. The van der Waals surface area contributed by atoms with Gasteiger partial charge in [-0.2, -0.15) is 5.26 Å². The molecule has 4 heteroatoms. The van der Waals surface area contributed by atoms with Gasteiger partial charge in [-0.05, 0) is 32.3 Å². The fourth-order valence-electron chi connectivity index (χ4n) is 2.41. The Morgan fingerprint density at radius 1 is 1.43 bits per heavy atom. The van der Waals surface area contributed by atoms with Gasteiger partial charge in [-0.3, -0.25) is 0 Å². The lowest BCUT2D eigenvalue weighted by molar-refractivity contribution is -0.137. The van der Waals surface area contributed by atoms with Crippen LogP contribution < -0.4 is 0 Å². The average Bonchev–Trinajstić information content (AvgIpc) is 3.35. The highest BCUT2D eigenvalue weighted by Gasteiger charge is 2.60. The van der Waals surface area contributed by atoms with E-state index in [9.17, 15) is 15.2 Å². The molecule has 0 saturated heterocycles. The highest BCUT2D eigenvalue weighted by Crippen LogP contribution is 2.57. The second-order valence-corrected chi connectivity index (χ2v) is 5.60. The number of ether oxygens (including phenoxy) is 1. The molecular weight excluding hydrogens is 290 g/mol. The maximum absolute atomic E-state index is 11.4. The van der Waals surface area contributed by atoms with Crippen LogP contribution in [0.25, 0.3) is 0 Å². The Kier molecular flexibility index (Phi) is 4.89. The Bertz CT molecular complexity index is 714. The van der Waals surface area contributed by atoms with Crippen LogP contribution in [0, 0.1) is 28.6 Å². The van der Waals surface area contributed by atoms with E-state index in [0.29, 0.717) is 30.6 Å². The fraction of sp³-hybridized carbons (Fsp3) is 0.368. The molecule has 0 spiro atoms. The number of allylic oxidation sites excluding steroid dienone is 1. The highest BCUT2D eigenvalue weighted by molar-refractivity contribution is 5.83. The van der Waals surface area contributed by atoms with Gasteiger partial charge in [0.2, 0.25) is 0 Å². The number of carbonyl (C=O) groups excluding carboxylic acids is 1. The highest BCUT2D eigenvalue weighted by atomic mass is 16.5. The molecule has 23 heavy (non-hydrogen) atoms. The molecule has 1 fully saturated rings. The molecule has 118 valence electrons. The van der Waals surface area contributed by atoms with Gasteiger partial charge in [-0.25, -0.2) is 4.79 Å². The van der Waals surface area contributed by atoms with Crippen LogP contribution in [0.2, 0.25) is 0 Å². The van der Waals surface area contributed by atoms with E-state index in [-0.39, 0.29) is 0 Å². The van der Waals surface area contributed by atoms with Gasteiger partial charge >= 0.3 is 5.97 Å². The Morgan fingerprint density at radius 3 is 2.61 bits per heavy atom. The third-order valence-corrected chi connectivity index (χ3v) is 3.91. The zero-order valence-electron chi connectivity index (χ0n) is 13.3. The lowest BCUT2D eigenvalue weighted by Crippen LogP contribution is -2.34. The standard InChI is InChI=1S/C19H19NO3/c1-3-23-17(21)13-15(2)9-10-19(22,18(14-20)11-12-18)16-7-5-4-6-8-16/h4-8,13,22H,3,11-12H2,1-2H3/b15-13-. The van der Waals surface area contributed by atoms with Gasteiger partial charge in [0.05, 0.1) is 12.7 Å². The van der Waals surface area contributed by atoms with E-state index in [1.54, 1.807) is 38.1 Å². The van der Waals surface area contributed by atoms with Crippen LogP contribution in [-0.2, 0) is 15.1 Å². The summed E-state index contributed by atoms with van der Waals surface area (Å²) < 4.78 is 4.83. The molecule has 0 amide bonds. The molecule has 4 nitrogen and oxygen atoms in total. The molecule has 1 saturated carbocycles. The number of benzene rings is 1. The van der Waals surface area contributed by atoms with Crippen LogP contribution in [-0.4, -0.2) is 17.7 Å². The van der Waals surface area contributed by atoms with Gasteiger partial charge in [-0.15, -0.1) is 0 Å². The number of nitriles is 1. The monoisotopic (exact) mass is 309 g/mol. The molecule has 0 bridgehead atoms. The van der Waals surface area contributed by atoms with E-state index >= 15 is 0 Å². The molecule has 1 atom stereocenters. The molecule has 0 radical (unpaired) electrons. The average molecular weight is 309 g/mol. The lowest BCUT2D eigenvalue weighted by atomic mass is 9.79. The maximum Gasteiger partial charge on any atom is 0.331 e. The van der Waals surface area contributed by atoms with Gasteiger partial charge in [0.25, 0.3) is 0 Å². The van der Waals surface area contributed by atoms with Crippen molar-refractivity contribution in [2.45, 2.75) is 32.3 Å². The van der Waals surface area contributed by atoms with Crippen molar-refractivity contribution in [3.05, 3.63) is 47.5 Å². The molecule has 2 rings (SSSR count). The summed E-state index contributed by atoms with van der Waals surface area (Å²) in [4.78, 5) is 11.4. The van der Waals surface area contributed by atoms with Crippen molar-refractivity contribution < 1.29 is 14.6 Å². The normalized spacial score (nSPS) is 17.9. The smallest absolute Gasteiger partial charge is 0.331 e. The summed E-state index contributed by atoms with van der Waals surface area (Å²) in [7, 11) is 0. The van der Waals surface area contributed by atoms with Crippen LogP contribution >= 0.6 is 0 Å². The predicted octanol–water partition coefficient (Wildman–Crippen LogP) is 2.69. The molecule has 1 aromatic rings. The zero-order valence-corrected chi connectivity index (χ0v) is 13.3. The van der Waals surface area contributed by atoms with E-state index in [0.717, 1.165) is 0 Å². The fourth-order valence-corrected chi connectivity index (χ4v) is 2.41. The molecule has 0 aromatic heterocycles. The number of hydrogen-bond acceptors (Lipinski definition) is 4. The van der Waals surface area contributed by atoms with Gasteiger partial charge in [-0.1, -0.05) is 42.2 Å². The second kappa shape index (κ2) is 6.69. The molecule has 0 heterocycles. The first-order chi connectivity index (χ1) is 11.0. The van der Waals surface area contributed by atoms with E-state index in [1.807, 2.05) is 6.07 Å². The van der Waals surface area contributed by atoms with Gasteiger partial charge in [0, 0.05) is 11.6 Å². The van der Waals surface area contributed by atoms with Crippen molar-refractivity contribution in [1.29, 1.82) is 5.26 Å². The van der Waals surface area contributed by atoms with E-state index in [4.69, 9.17) is 4.74 Å². The van der Waals surface area contributed by atoms with Gasteiger partial charge < -0.3 is 9.84 Å². The number of nitrogens with zero attached hydrogens (tertiary/aromatic N) is 1. The summed E-state index contributed by atoms with van der Waals surface area (Å²) in [6.07, 6.45) is 2.49. The molecule has 0 aliphatic heterocycles. The summed E-state index contributed by atoms with van der Waals surface area (Å²) in [6, 6.07) is 11.2. The Balaban J connectivity index is 2.38. The summed E-state index contributed by atoms with van der Waals surface area (Å²) in [5.41, 5.74) is -1.36. The predicted molar refractivity (Wildman–Crippen MR) is 85.8 cm³/mol. The number of hydrogen-bond donors (Lipinski definition) is 1. The minimum atomic E-state index is -1.55. The first-order valence-electron chi connectivity index (χ1n) is 7.55. The lowest BCUT2D eigenvalue weighted by Gasteiger charge is -2.27. The summed E-state index contributed by atoms with van der Waals surface area (Å²) in [5.74, 6) is 5.15. The zero-order chi connectivity index (χ0) is 16.9. The number of esters is 1. The molecule has 1 unspecified atom stereocenters. The largest absolute Gasteiger partial charge is 0.463 e. The third-order valence-electron chi connectivity index (χ3n) is 3.91. The first-order valence-corrected chi connectivity index (χ1v) is 7.55. The van der Waals surface area contributed by atoms with Crippen LogP contribution in [0.15, 0.2) is 42.0 Å². The quantitative estimate of drug-likeness (QED) is 0.527. The van der Waals surface area contributed by atoms with Gasteiger partial charge in [0.15, 0.2) is 5.60 Å². The maximum atomic E-state index is 11.4. The minimum Gasteiger partial charge on any atom is -0.463 e. The Morgan fingerprint density at radius 2 is 2.09 bits per heavy atom. The molecular formula is C19H19NO3. The summed E-state index contributed by atoms with van der Waals surface area (Å²) in [5, 5.41) is 20.6. The van der Waals surface area contributed by atoms with Crippen molar-refractivity contribution in [1.82, 2.24) is 0 Å². The van der Waals surface area contributed by atoms with Crippen molar-refractivity contribution in [3.63, 3.8) is 0 Å². The molecule has 1 aliphatic rings. The number of aliphatic hydroxyl groups is 1. The van der Waals surface area contributed by atoms with Crippen LogP contribution in [0.3, 0.4) is 0 Å². The Labute approximate surface area is 136 Å². The number of rotatable bonds is 4. The van der Waals surface area contributed by atoms with Crippen molar-refractivity contribution in [2.75, 3.05) is 6.61 Å². The van der Waals surface area contributed by atoms with E-state index < -0.39 is 17.0 Å². The summed E-state index contributed by atoms with van der Waals surface area (Å²) >= 11 is 0. The first kappa shape index (κ1) is 16.8. The van der Waals surface area contributed by atoms with Crippen LogP contribution in [0.4, 0.5) is 0 Å². The minimum absolute atomic E-state index is 0.293. The Hall–Kier alpha value is -2.56. The summed E-state index contributed by atoms with van der Waals surface area (Å²) in [6.45, 7) is 3.69. The molecule has 1 N–H and O–H groups in total. The van der Waals surface area contributed by atoms with E-state index in [2.05, 4.69) is 17.9 Å².